The lowest BCUT2D eigenvalue weighted by molar-refractivity contribution is -0.126. The Labute approximate surface area is 165 Å². The van der Waals surface area contributed by atoms with E-state index in [2.05, 4.69) is 5.32 Å². The van der Waals surface area contributed by atoms with Crippen LogP contribution in [0.4, 0.5) is 0 Å². The molecule has 150 valence electrons. The molecule has 1 aliphatic heterocycles. The van der Waals surface area contributed by atoms with E-state index < -0.39 is 0 Å². The minimum absolute atomic E-state index is 0.0531. The number of hydrogen-bond donors (Lipinski definition) is 1. The van der Waals surface area contributed by atoms with Crippen LogP contribution in [0.15, 0.2) is 47.1 Å². The van der Waals surface area contributed by atoms with Crippen LogP contribution in [-0.2, 0) is 22.7 Å². The molecule has 0 spiro atoms. The molecule has 1 aromatic heterocycles. The molecule has 2 aromatic rings. The maximum absolute atomic E-state index is 12.5. The summed E-state index contributed by atoms with van der Waals surface area (Å²) in [6, 6.07) is 11.5. The van der Waals surface area contributed by atoms with Crippen molar-refractivity contribution in [3.8, 4) is 0 Å². The summed E-state index contributed by atoms with van der Waals surface area (Å²) in [7, 11) is 0. The van der Waals surface area contributed by atoms with Crippen LogP contribution in [0.3, 0.4) is 0 Å². The van der Waals surface area contributed by atoms with E-state index in [1.54, 1.807) is 17.0 Å². The van der Waals surface area contributed by atoms with Crippen LogP contribution in [-0.4, -0.2) is 35.9 Å². The van der Waals surface area contributed by atoms with Crippen LogP contribution in [0.1, 0.15) is 48.4 Å². The zero-order valence-electron chi connectivity index (χ0n) is 16.5. The van der Waals surface area contributed by atoms with E-state index in [1.165, 1.54) is 6.26 Å². The molecule has 0 radical (unpaired) electrons. The minimum Gasteiger partial charge on any atom is -0.459 e. The molecule has 6 nitrogen and oxygen atoms in total. The van der Waals surface area contributed by atoms with Gasteiger partial charge in [0.25, 0.3) is 5.91 Å². The van der Waals surface area contributed by atoms with Gasteiger partial charge in [0, 0.05) is 25.6 Å². The molecule has 0 unspecified atom stereocenters. The van der Waals surface area contributed by atoms with Crippen LogP contribution in [0.2, 0.25) is 0 Å². The summed E-state index contributed by atoms with van der Waals surface area (Å²) in [5.74, 6) is 0.243. The number of nitrogens with one attached hydrogen (secondary N) is 1. The molecule has 0 saturated carbocycles. The number of amides is 2. The molecule has 3 rings (SSSR count). The van der Waals surface area contributed by atoms with Crippen LogP contribution in [0, 0.1) is 5.92 Å². The Morgan fingerprint density at radius 2 is 1.82 bits per heavy atom. The summed E-state index contributed by atoms with van der Waals surface area (Å²) in [4.78, 5) is 26.5. The molecule has 1 N–H and O–H groups in total. The van der Waals surface area contributed by atoms with Gasteiger partial charge in [-0.05, 0) is 49.9 Å². The third kappa shape index (κ3) is 5.45. The molecule has 1 aliphatic rings. The highest BCUT2D eigenvalue weighted by Crippen LogP contribution is 2.19. The third-order valence-electron chi connectivity index (χ3n) is 4.96. The first-order chi connectivity index (χ1) is 13.5. The quantitative estimate of drug-likeness (QED) is 0.794. The smallest absolute Gasteiger partial charge is 0.289 e. The summed E-state index contributed by atoms with van der Waals surface area (Å²) in [6.45, 7) is 6.28. The summed E-state index contributed by atoms with van der Waals surface area (Å²) >= 11 is 0. The number of carbonyl (C=O) groups is 2. The molecule has 2 heterocycles. The first-order valence-corrected chi connectivity index (χ1v) is 9.83. The average Bonchev–Trinajstić information content (AvgIpc) is 3.25. The zero-order valence-corrected chi connectivity index (χ0v) is 16.5. The highest BCUT2D eigenvalue weighted by atomic mass is 16.5. The molecule has 28 heavy (non-hydrogen) atoms. The number of furan rings is 1. The maximum Gasteiger partial charge on any atom is 0.289 e. The number of hydrogen-bond acceptors (Lipinski definition) is 4. The fourth-order valence-corrected chi connectivity index (χ4v) is 3.25. The van der Waals surface area contributed by atoms with E-state index in [4.69, 9.17) is 9.15 Å². The topological polar surface area (TPSA) is 71.8 Å². The highest BCUT2D eigenvalue weighted by Gasteiger charge is 2.28. The monoisotopic (exact) mass is 384 g/mol. The van der Waals surface area contributed by atoms with Crippen molar-refractivity contribution >= 4 is 11.8 Å². The highest BCUT2D eigenvalue weighted by molar-refractivity contribution is 5.91. The van der Waals surface area contributed by atoms with Gasteiger partial charge in [0.15, 0.2) is 5.76 Å². The van der Waals surface area contributed by atoms with E-state index in [0.717, 1.165) is 11.1 Å². The van der Waals surface area contributed by atoms with Crippen molar-refractivity contribution in [3.63, 3.8) is 0 Å². The Kier molecular flexibility index (Phi) is 6.87. The summed E-state index contributed by atoms with van der Waals surface area (Å²) < 4.78 is 10.8. The summed E-state index contributed by atoms with van der Waals surface area (Å²) in [5.41, 5.74) is 2.18. The lowest BCUT2D eigenvalue weighted by atomic mass is 9.95. The molecule has 6 heteroatoms. The van der Waals surface area contributed by atoms with Gasteiger partial charge in [-0.15, -0.1) is 0 Å². The van der Waals surface area contributed by atoms with Crippen molar-refractivity contribution in [2.24, 2.45) is 5.92 Å². The van der Waals surface area contributed by atoms with Crippen LogP contribution >= 0.6 is 0 Å². The van der Waals surface area contributed by atoms with Crippen LogP contribution < -0.4 is 5.32 Å². The Morgan fingerprint density at radius 1 is 1.14 bits per heavy atom. The molecule has 2 amide bonds. The fourth-order valence-electron chi connectivity index (χ4n) is 3.25. The largest absolute Gasteiger partial charge is 0.459 e. The van der Waals surface area contributed by atoms with Crippen LogP contribution in [0.5, 0.6) is 0 Å². The number of carbonyl (C=O) groups excluding carboxylic acids is 2. The van der Waals surface area contributed by atoms with Gasteiger partial charge in [-0.3, -0.25) is 9.59 Å². The molecular formula is C22H28N2O4. The van der Waals surface area contributed by atoms with Crippen LogP contribution in [0.25, 0.3) is 0 Å². The standard InChI is InChI=1S/C22H28N2O4/c1-16(2)28-15-18-7-5-17(6-8-18)14-23-21(25)19-9-11-24(12-10-19)22(26)20-4-3-13-27-20/h3-8,13,16,19H,9-12,14-15H2,1-2H3,(H,23,25). The van der Waals surface area contributed by atoms with Gasteiger partial charge in [0.05, 0.1) is 19.0 Å². The maximum atomic E-state index is 12.5. The first kappa shape index (κ1) is 20.1. The third-order valence-corrected chi connectivity index (χ3v) is 4.96. The van der Waals surface area contributed by atoms with Crippen molar-refractivity contribution in [3.05, 3.63) is 59.5 Å². The molecule has 0 bridgehead atoms. The van der Waals surface area contributed by atoms with Gasteiger partial charge < -0.3 is 19.4 Å². The lowest BCUT2D eigenvalue weighted by Crippen LogP contribution is -2.42. The number of nitrogens with zero attached hydrogens (tertiary/aromatic N) is 1. The van der Waals surface area contributed by atoms with E-state index in [9.17, 15) is 9.59 Å². The molecule has 0 atom stereocenters. The number of rotatable bonds is 7. The van der Waals surface area contributed by atoms with Gasteiger partial charge in [-0.25, -0.2) is 0 Å². The molecule has 1 fully saturated rings. The summed E-state index contributed by atoms with van der Waals surface area (Å²) in [5, 5.41) is 3.02. The fraction of sp³-hybridized carbons (Fsp3) is 0.455. The number of benzene rings is 1. The van der Waals surface area contributed by atoms with Gasteiger partial charge >= 0.3 is 0 Å². The van der Waals surface area contributed by atoms with Crippen molar-refractivity contribution in [1.82, 2.24) is 10.2 Å². The Morgan fingerprint density at radius 3 is 2.43 bits per heavy atom. The Bertz CT molecular complexity index is 760. The van der Waals surface area contributed by atoms with Crippen molar-refractivity contribution in [1.29, 1.82) is 0 Å². The molecule has 1 aromatic carbocycles. The van der Waals surface area contributed by atoms with Gasteiger partial charge in [0.1, 0.15) is 0 Å². The van der Waals surface area contributed by atoms with Gasteiger partial charge in [-0.2, -0.15) is 0 Å². The number of likely N-dealkylation sites (tertiary alicyclic amines) is 1. The second-order valence-corrected chi connectivity index (χ2v) is 7.44. The second-order valence-electron chi connectivity index (χ2n) is 7.44. The second kappa shape index (κ2) is 9.55. The van der Waals surface area contributed by atoms with Crippen molar-refractivity contribution in [2.75, 3.05) is 13.1 Å². The number of piperidine rings is 1. The molecular weight excluding hydrogens is 356 g/mol. The average molecular weight is 384 g/mol. The van der Waals surface area contributed by atoms with Gasteiger partial charge in [-0.1, -0.05) is 24.3 Å². The van der Waals surface area contributed by atoms with E-state index in [1.807, 2.05) is 38.1 Å². The molecule has 1 saturated heterocycles. The normalized spacial score (nSPS) is 15.0. The number of ether oxygens (including phenoxy) is 1. The lowest BCUT2D eigenvalue weighted by Gasteiger charge is -2.30. The predicted molar refractivity (Wildman–Crippen MR) is 106 cm³/mol. The van der Waals surface area contributed by atoms with Crippen molar-refractivity contribution in [2.45, 2.75) is 45.9 Å². The minimum atomic E-state index is -0.106. The van der Waals surface area contributed by atoms with E-state index >= 15 is 0 Å². The van der Waals surface area contributed by atoms with E-state index in [0.29, 0.717) is 44.8 Å². The Hall–Kier alpha value is -2.60. The predicted octanol–water partition coefficient (Wildman–Crippen LogP) is 3.37. The molecule has 0 aliphatic carbocycles. The SMILES string of the molecule is CC(C)OCc1ccc(CNC(=O)C2CCN(C(=O)c3ccco3)CC2)cc1. The zero-order chi connectivity index (χ0) is 19.9. The Balaban J connectivity index is 1.41. The van der Waals surface area contributed by atoms with Gasteiger partial charge in [0.2, 0.25) is 5.91 Å². The van der Waals surface area contributed by atoms with Crippen molar-refractivity contribution < 1.29 is 18.7 Å². The van der Waals surface area contributed by atoms with E-state index in [-0.39, 0.29) is 23.8 Å². The summed E-state index contributed by atoms with van der Waals surface area (Å²) in [6.07, 6.45) is 3.05. The first-order valence-electron chi connectivity index (χ1n) is 9.83.